The molecule has 0 aliphatic heterocycles. The molecular weight excluding hydrogens is 266 g/mol. The van der Waals surface area contributed by atoms with Gasteiger partial charge in [0.25, 0.3) is 5.91 Å². The number of hydrogen-bond donors (Lipinski definition) is 1. The third-order valence-corrected chi connectivity index (χ3v) is 3.22. The monoisotopic (exact) mass is 281 g/mol. The predicted octanol–water partition coefficient (Wildman–Crippen LogP) is 3.33. The standard InChI is InChI=1S/C16H15N3O2/c1-11-7-9-19(18-11)14-5-3-13(4-6-14)17-16(20)15-8-10-21-12(15)2/h3-10H,1-2H3,(H,17,20). The minimum absolute atomic E-state index is 0.177. The van der Waals surface area contributed by atoms with Crippen molar-refractivity contribution in [2.45, 2.75) is 13.8 Å². The Morgan fingerprint density at radius 3 is 2.48 bits per heavy atom. The molecule has 1 N–H and O–H groups in total. The molecule has 5 nitrogen and oxygen atoms in total. The number of benzene rings is 1. The Morgan fingerprint density at radius 2 is 1.90 bits per heavy atom. The van der Waals surface area contributed by atoms with Crippen molar-refractivity contribution in [3.05, 3.63) is 65.9 Å². The molecule has 2 heterocycles. The summed E-state index contributed by atoms with van der Waals surface area (Å²) in [5.41, 5.74) is 3.18. The molecule has 0 saturated carbocycles. The molecule has 3 rings (SSSR count). The van der Waals surface area contributed by atoms with E-state index in [1.807, 2.05) is 43.5 Å². The van der Waals surface area contributed by atoms with E-state index in [0.29, 0.717) is 11.3 Å². The molecule has 0 fully saturated rings. The zero-order chi connectivity index (χ0) is 14.8. The smallest absolute Gasteiger partial charge is 0.259 e. The van der Waals surface area contributed by atoms with Crippen LogP contribution in [0.15, 0.2) is 53.3 Å². The van der Waals surface area contributed by atoms with Crippen LogP contribution in [0.1, 0.15) is 21.8 Å². The molecule has 0 aliphatic carbocycles. The van der Waals surface area contributed by atoms with Crippen LogP contribution in [0.3, 0.4) is 0 Å². The number of aromatic nitrogens is 2. The predicted molar refractivity (Wildman–Crippen MR) is 79.7 cm³/mol. The number of furan rings is 1. The Hall–Kier alpha value is -2.82. The average Bonchev–Trinajstić information content (AvgIpc) is 3.08. The minimum Gasteiger partial charge on any atom is -0.469 e. The lowest BCUT2D eigenvalue weighted by atomic mass is 10.2. The second kappa shape index (κ2) is 5.28. The quantitative estimate of drug-likeness (QED) is 0.801. The fourth-order valence-electron chi connectivity index (χ4n) is 2.08. The van der Waals surface area contributed by atoms with Crippen molar-refractivity contribution in [3.8, 4) is 5.69 Å². The van der Waals surface area contributed by atoms with E-state index in [-0.39, 0.29) is 5.91 Å². The number of aryl methyl sites for hydroxylation is 2. The molecule has 0 spiro atoms. The van der Waals surface area contributed by atoms with Gasteiger partial charge in [0.2, 0.25) is 0 Å². The van der Waals surface area contributed by atoms with Crippen LogP contribution in [0.5, 0.6) is 0 Å². The molecule has 0 aliphatic rings. The summed E-state index contributed by atoms with van der Waals surface area (Å²) in [7, 11) is 0. The molecule has 2 aromatic heterocycles. The minimum atomic E-state index is -0.177. The molecule has 0 saturated heterocycles. The second-order valence-corrected chi connectivity index (χ2v) is 4.79. The lowest BCUT2D eigenvalue weighted by molar-refractivity contribution is 0.102. The lowest BCUT2D eigenvalue weighted by Gasteiger charge is -2.06. The van der Waals surface area contributed by atoms with E-state index in [0.717, 1.165) is 17.1 Å². The molecule has 0 unspecified atom stereocenters. The van der Waals surface area contributed by atoms with E-state index in [4.69, 9.17) is 4.42 Å². The van der Waals surface area contributed by atoms with Crippen LogP contribution in [0.2, 0.25) is 0 Å². The van der Waals surface area contributed by atoms with Gasteiger partial charge in [-0.3, -0.25) is 4.79 Å². The molecule has 0 bridgehead atoms. The maximum atomic E-state index is 12.1. The molecule has 106 valence electrons. The van der Waals surface area contributed by atoms with Crippen molar-refractivity contribution >= 4 is 11.6 Å². The molecule has 0 atom stereocenters. The van der Waals surface area contributed by atoms with E-state index in [9.17, 15) is 4.79 Å². The van der Waals surface area contributed by atoms with Crippen LogP contribution in [0, 0.1) is 13.8 Å². The molecule has 21 heavy (non-hydrogen) atoms. The number of nitrogens with one attached hydrogen (secondary N) is 1. The SMILES string of the molecule is Cc1ccn(-c2ccc(NC(=O)c3ccoc3C)cc2)n1. The number of anilines is 1. The number of amides is 1. The fourth-order valence-corrected chi connectivity index (χ4v) is 2.08. The van der Waals surface area contributed by atoms with Crippen molar-refractivity contribution in [1.29, 1.82) is 0 Å². The van der Waals surface area contributed by atoms with Gasteiger partial charge >= 0.3 is 0 Å². The Kier molecular flexibility index (Phi) is 3.31. The number of nitrogens with zero attached hydrogens (tertiary/aromatic N) is 2. The van der Waals surface area contributed by atoms with E-state index in [1.165, 1.54) is 6.26 Å². The Balaban J connectivity index is 1.76. The van der Waals surface area contributed by atoms with Gasteiger partial charge in [-0.1, -0.05) is 0 Å². The normalized spacial score (nSPS) is 10.6. The van der Waals surface area contributed by atoms with Crippen LogP contribution < -0.4 is 5.32 Å². The van der Waals surface area contributed by atoms with Gasteiger partial charge in [0.05, 0.1) is 23.2 Å². The highest BCUT2D eigenvalue weighted by molar-refractivity contribution is 6.04. The number of carbonyl (C=O) groups excluding carboxylic acids is 1. The van der Waals surface area contributed by atoms with Gasteiger partial charge in [-0.25, -0.2) is 4.68 Å². The van der Waals surface area contributed by atoms with Crippen LogP contribution >= 0.6 is 0 Å². The highest BCUT2D eigenvalue weighted by atomic mass is 16.3. The van der Waals surface area contributed by atoms with Gasteiger partial charge in [-0.2, -0.15) is 5.10 Å². The summed E-state index contributed by atoms with van der Waals surface area (Å²) in [6.45, 7) is 3.70. The summed E-state index contributed by atoms with van der Waals surface area (Å²) in [6.07, 6.45) is 3.41. The van der Waals surface area contributed by atoms with Gasteiger partial charge in [0.15, 0.2) is 0 Å². The first-order chi connectivity index (χ1) is 10.1. The number of rotatable bonds is 3. The second-order valence-electron chi connectivity index (χ2n) is 4.79. The van der Waals surface area contributed by atoms with Gasteiger partial charge in [0.1, 0.15) is 5.76 Å². The molecule has 1 amide bonds. The summed E-state index contributed by atoms with van der Waals surface area (Å²) in [6, 6.07) is 11.1. The molecular formula is C16H15N3O2. The Morgan fingerprint density at radius 1 is 1.14 bits per heavy atom. The largest absolute Gasteiger partial charge is 0.469 e. The van der Waals surface area contributed by atoms with Crippen molar-refractivity contribution < 1.29 is 9.21 Å². The van der Waals surface area contributed by atoms with Gasteiger partial charge in [-0.15, -0.1) is 0 Å². The molecule has 0 radical (unpaired) electrons. The Bertz CT molecular complexity index is 769. The fraction of sp³-hybridized carbons (Fsp3) is 0.125. The summed E-state index contributed by atoms with van der Waals surface area (Å²) < 4.78 is 6.92. The summed E-state index contributed by atoms with van der Waals surface area (Å²) >= 11 is 0. The topological polar surface area (TPSA) is 60.1 Å². The average molecular weight is 281 g/mol. The molecule has 3 aromatic rings. The van der Waals surface area contributed by atoms with Crippen molar-refractivity contribution in [1.82, 2.24) is 9.78 Å². The zero-order valence-electron chi connectivity index (χ0n) is 11.8. The maximum Gasteiger partial charge on any atom is 0.259 e. The molecule has 5 heteroatoms. The van der Waals surface area contributed by atoms with Crippen LogP contribution in [-0.2, 0) is 0 Å². The third kappa shape index (κ3) is 2.72. The first-order valence-corrected chi connectivity index (χ1v) is 6.61. The van der Waals surface area contributed by atoms with Gasteiger partial charge < -0.3 is 9.73 Å². The number of carbonyl (C=O) groups is 1. The summed E-state index contributed by atoms with van der Waals surface area (Å²) in [5.74, 6) is 0.431. The van der Waals surface area contributed by atoms with E-state index in [1.54, 1.807) is 17.7 Å². The van der Waals surface area contributed by atoms with E-state index >= 15 is 0 Å². The zero-order valence-corrected chi connectivity index (χ0v) is 11.8. The highest BCUT2D eigenvalue weighted by Gasteiger charge is 2.11. The van der Waals surface area contributed by atoms with Crippen LogP contribution in [0.25, 0.3) is 5.69 Å². The lowest BCUT2D eigenvalue weighted by Crippen LogP contribution is -2.12. The van der Waals surface area contributed by atoms with Crippen LogP contribution in [0.4, 0.5) is 5.69 Å². The molecule has 1 aromatic carbocycles. The van der Waals surface area contributed by atoms with Gasteiger partial charge in [0, 0.05) is 11.9 Å². The van der Waals surface area contributed by atoms with Gasteiger partial charge in [-0.05, 0) is 50.2 Å². The summed E-state index contributed by atoms with van der Waals surface area (Å²) in [5, 5.41) is 7.18. The third-order valence-electron chi connectivity index (χ3n) is 3.22. The summed E-state index contributed by atoms with van der Waals surface area (Å²) in [4.78, 5) is 12.1. The number of hydrogen-bond acceptors (Lipinski definition) is 3. The maximum absolute atomic E-state index is 12.1. The van der Waals surface area contributed by atoms with Crippen molar-refractivity contribution in [3.63, 3.8) is 0 Å². The van der Waals surface area contributed by atoms with E-state index in [2.05, 4.69) is 10.4 Å². The van der Waals surface area contributed by atoms with Crippen molar-refractivity contribution in [2.24, 2.45) is 0 Å². The van der Waals surface area contributed by atoms with Crippen molar-refractivity contribution in [2.75, 3.05) is 5.32 Å². The first-order valence-electron chi connectivity index (χ1n) is 6.61. The van der Waals surface area contributed by atoms with Crippen LogP contribution in [-0.4, -0.2) is 15.7 Å². The Labute approximate surface area is 122 Å². The highest BCUT2D eigenvalue weighted by Crippen LogP contribution is 2.16. The van der Waals surface area contributed by atoms with E-state index < -0.39 is 0 Å². The first kappa shape index (κ1) is 13.2.